The van der Waals surface area contributed by atoms with E-state index in [1.807, 2.05) is 19.9 Å². The Morgan fingerprint density at radius 1 is 1.29 bits per heavy atom. The molecule has 6 heteroatoms. The van der Waals surface area contributed by atoms with Gasteiger partial charge in [-0.15, -0.1) is 0 Å². The van der Waals surface area contributed by atoms with Gasteiger partial charge < -0.3 is 5.73 Å². The van der Waals surface area contributed by atoms with Crippen molar-refractivity contribution in [2.75, 3.05) is 17.0 Å². The van der Waals surface area contributed by atoms with Gasteiger partial charge in [0.1, 0.15) is 5.82 Å². The molecule has 96 valence electrons. The van der Waals surface area contributed by atoms with Gasteiger partial charge in [0.25, 0.3) is 0 Å². The zero-order valence-electron chi connectivity index (χ0n) is 10.2. The Balaban J connectivity index is 2.69. The molecule has 0 saturated heterocycles. The minimum atomic E-state index is -3.31. The summed E-state index contributed by atoms with van der Waals surface area (Å²) >= 11 is 0. The van der Waals surface area contributed by atoms with E-state index < -0.39 is 10.0 Å². The minimum Gasteiger partial charge on any atom is -0.330 e. The monoisotopic (exact) mass is 257 g/mol. The number of anilines is 1. The third-order valence-electron chi connectivity index (χ3n) is 2.23. The van der Waals surface area contributed by atoms with Crippen LogP contribution in [0.4, 0.5) is 5.82 Å². The lowest BCUT2D eigenvalue weighted by molar-refractivity contribution is 0.597. The second-order valence-corrected chi connectivity index (χ2v) is 5.93. The van der Waals surface area contributed by atoms with E-state index in [0.29, 0.717) is 25.2 Å². The van der Waals surface area contributed by atoms with Gasteiger partial charge in [0.05, 0.1) is 5.75 Å². The Hall–Kier alpha value is -1.14. The number of nitrogens with two attached hydrogens (primary N) is 1. The summed E-state index contributed by atoms with van der Waals surface area (Å²) < 4.78 is 25.9. The van der Waals surface area contributed by atoms with Crippen LogP contribution in [0.25, 0.3) is 0 Å². The highest BCUT2D eigenvalue weighted by Gasteiger charge is 2.10. The first-order valence-corrected chi connectivity index (χ1v) is 7.24. The van der Waals surface area contributed by atoms with Crippen molar-refractivity contribution in [1.82, 2.24) is 4.98 Å². The van der Waals surface area contributed by atoms with Crippen LogP contribution >= 0.6 is 0 Å². The van der Waals surface area contributed by atoms with Gasteiger partial charge in [0.15, 0.2) is 0 Å². The summed E-state index contributed by atoms with van der Waals surface area (Å²) in [5, 5.41) is 0. The highest BCUT2D eigenvalue weighted by atomic mass is 32.2. The average Bonchev–Trinajstić information content (AvgIpc) is 2.14. The zero-order valence-corrected chi connectivity index (χ0v) is 11.0. The smallest absolute Gasteiger partial charge is 0.233 e. The molecule has 5 nitrogen and oxygen atoms in total. The number of aryl methyl sites for hydroxylation is 2. The summed E-state index contributed by atoms with van der Waals surface area (Å²) in [4.78, 5) is 4.13. The predicted molar refractivity (Wildman–Crippen MR) is 69.4 cm³/mol. The van der Waals surface area contributed by atoms with Crippen molar-refractivity contribution in [3.05, 3.63) is 23.4 Å². The Labute approximate surface area is 102 Å². The fourth-order valence-electron chi connectivity index (χ4n) is 1.54. The summed E-state index contributed by atoms with van der Waals surface area (Å²) in [6, 6.07) is 3.61. The molecule has 0 aromatic carbocycles. The number of nitrogens with one attached hydrogen (secondary N) is 1. The largest absolute Gasteiger partial charge is 0.330 e. The van der Waals surface area contributed by atoms with Gasteiger partial charge in [0, 0.05) is 5.69 Å². The fraction of sp³-hybridized carbons (Fsp3) is 0.545. The molecule has 0 saturated carbocycles. The van der Waals surface area contributed by atoms with Crippen LogP contribution in [0.5, 0.6) is 0 Å². The van der Waals surface area contributed by atoms with E-state index in [1.54, 1.807) is 6.07 Å². The highest BCUT2D eigenvalue weighted by Crippen LogP contribution is 2.11. The SMILES string of the molecule is Cc1cc(C)nc(NS(=O)(=O)CCCCN)c1. The molecule has 0 aliphatic heterocycles. The molecule has 1 rings (SSSR count). The Bertz CT molecular complexity index is 451. The Kier molecular flexibility index (Phi) is 4.89. The second kappa shape index (κ2) is 5.97. The van der Waals surface area contributed by atoms with Crippen LogP contribution in [-0.4, -0.2) is 25.7 Å². The van der Waals surface area contributed by atoms with E-state index in [1.165, 1.54) is 0 Å². The first-order valence-electron chi connectivity index (χ1n) is 5.59. The van der Waals surface area contributed by atoms with Crippen molar-refractivity contribution in [3.8, 4) is 0 Å². The van der Waals surface area contributed by atoms with Gasteiger partial charge in [0.2, 0.25) is 10.0 Å². The summed E-state index contributed by atoms with van der Waals surface area (Å²) in [7, 11) is -3.31. The molecule has 1 aromatic heterocycles. The maximum atomic E-state index is 11.7. The minimum absolute atomic E-state index is 0.0822. The highest BCUT2D eigenvalue weighted by molar-refractivity contribution is 7.92. The number of sulfonamides is 1. The molecular formula is C11H19N3O2S. The van der Waals surface area contributed by atoms with Crippen LogP contribution in [0.1, 0.15) is 24.1 Å². The quantitative estimate of drug-likeness (QED) is 0.749. The normalized spacial score (nSPS) is 11.5. The molecule has 3 N–H and O–H groups in total. The van der Waals surface area contributed by atoms with Gasteiger partial charge in [-0.2, -0.15) is 0 Å². The molecular weight excluding hydrogens is 238 g/mol. The van der Waals surface area contributed by atoms with Gasteiger partial charge in [-0.05, 0) is 50.9 Å². The molecule has 0 atom stereocenters. The van der Waals surface area contributed by atoms with Crippen molar-refractivity contribution >= 4 is 15.8 Å². The lowest BCUT2D eigenvalue weighted by atomic mass is 10.2. The molecule has 0 amide bonds. The summed E-state index contributed by atoms with van der Waals surface area (Å²) in [5.41, 5.74) is 7.10. The van der Waals surface area contributed by atoms with Crippen molar-refractivity contribution in [2.45, 2.75) is 26.7 Å². The summed E-state index contributed by atoms with van der Waals surface area (Å²) in [6.07, 6.45) is 1.28. The van der Waals surface area contributed by atoms with Crippen molar-refractivity contribution < 1.29 is 8.42 Å². The number of hydrogen-bond acceptors (Lipinski definition) is 4. The van der Waals surface area contributed by atoms with Crippen LogP contribution < -0.4 is 10.5 Å². The van der Waals surface area contributed by atoms with Crippen LogP contribution in [-0.2, 0) is 10.0 Å². The summed E-state index contributed by atoms with van der Waals surface area (Å²) in [5.74, 6) is 0.467. The second-order valence-electron chi connectivity index (χ2n) is 4.09. The first-order chi connectivity index (χ1) is 7.93. The van der Waals surface area contributed by atoms with E-state index in [9.17, 15) is 8.42 Å². The van der Waals surface area contributed by atoms with Crippen LogP contribution in [0.15, 0.2) is 12.1 Å². The third-order valence-corrected chi connectivity index (χ3v) is 3.57. The molecule has 0 bridgehead atoms. The van der Waals surface area contributed by atoms with E-state index in [4.69, 9.17) is 5.73 Å². The number of hydrogen-bond donors (Lipinski definition) is 2. The van der Waals surface area contributed by atoms with Crippen LogP contribution in [0, 0.1) is 13.8 Å². The van der Waals surface area contributed by atoms with E-state index in [0.717, 1.165) is 11.3 Å². The maximum absolute atomic E-state index is 11.7. The fourth-order valence-corrected chi connectivity index (χ4v) is 2.65. The van der Waals surface area contributed by atoms with Crippen molar-refractivity contribution in [1.29, 1.82) is 0 Å². The number of rotatable bonds is 6. The lowest BCUT2D eigenvalue weighted by Gasteiger charge is -2.08. The number of nitrogens with zero attached hydrogens (tertiary/aromatic N) is 1. The Morgan fingerprint density at radius 2 is 2.00 bits per heavy atom. The Morgan fingerprint density at radius 3 is 2.59 bits per heavy atom. The molecule has 0 fully saturated rings. The molecule has 17 heavy (non-hydrogen) atoms. The topological polar surface area (TPSA) is 85.1 Å². The predicted octanol–water partition coefficient (Wildman–Crippen LogP) is 1.18. The molecule has 0 spiro atoms. The van der Waals surface area contributed by atoms with Gasteiger partial charge in [-0.3, -0.25) is 4.72 Å². The van der Waals surface area contributed by atoms with Gasteiger partial charge in [-0.25, -0.2) is 13.4 Å². The number of aromatic nitrogens is 1. The number of unbranched alkanes of at least 4 members (excludes halogenated alkanes) is 1. The van der Waals surface area contributed by atoms with Gasteiger partial charge >= 0.3 is 0 Å². The molecule has 0 aliphatic rings. The zero-order chi connectivity index (χ0) is 12.9. The molecule has 1 aromatic rings. The molecule has 0 radical (unpaired) electrons. The molecule has 1 heterocycles. The maximum Gasteiger partial charge on any atom is 0.233 e. The average molecular weight is 257 g/mol. The molecule has 0 unspecified atom stereocenters. The van der Waals surface area contributed by atoms with Crippen molar-refractivity contribution in [2.24, 2.45) is 5.73 Å². The summed E-state index contributed by atoms with van der Waals surface area (Å²) in [6.45, 7) is 4.25. The first kappa shape index (κ1) is 13.9. The number of pyridine rings is 1. The van der Waals surface area contributed by atoms with E-state index in [-0.39, 0.29) is 5.75 Å². The lowest BCUT2D eigenvalue weighted by Crippen LogP contribution is -2.18. The van der Waals surface area contributed by atoms with Gasteiger partial charge in [-0.1, -0.05) is 0 Å². The standard InChI is InChI=1S/C11H19N3O2S/c1-9-7-10(2)13-11(8-9)14-17(15,16)6-4-3-5-12/h7-8H,3-6,12H2,1-2H3,(H,13,14). The van der Waals surface area contributed by atoms with E-state index in [2.05, 4.69) is 9.71 Å². The molecule has 0 aliphatic carbocycles. The van der Waals surface area contributed by atoms with Crippen LogP contribution in [0.2, 0.25) is 0 Å². The third kappa shape index (κ3) is 5.14. The van der Waals surface area contributed by atoms with Crippen LogP contribution in [0.3, 0.4) is 0 Å². The van der Waals surface area contributed by atoms with Crippen molar-refractivity contribution in [3.63, 3.8) is 0 Å². The van der Waals surface area contributed by atoms with E-state index >= 15 is 0 Å².